The predicted octanol–water partition coefficient (Wildman–Crippen LogP) is 2.89. The van der Waals surface area contributed by atoms with Crippen molar-refractivity contribution in [1.82, 2.24) is 9.80 Å². The molecule has 2 aromatic rings. The maximum atomic E-state index is 13.5. The standard InChI is InChI=1S/C17H18FN3O3S/c1-24-13-4-2-12(3-5-13)19-17(23)21-9-7-20(8-10-21)16(22)15-14(18)6-11-25-15/h2-6,11H,7-10H2,1H3,(H,19,23). The van der Waals surface area contributed by atoms with E-state index in [1.54, 1.807) is 46.6 Å². The molecule has 0 aliphatic carbocycles. The van der Waals surface area contributed by atoms with Gasteiger partial charge in [0.25, 0.3) is 5.91 Å². The van der Waals surface area contributed by atoms with E-state index in [-0.39, 0.29) is 16.8 Å². The number of nitrogens with zero attached hydrogens (tertiary/aromatic N) is 2. The van der Waals surface area contributed by atoms with Gasteiger partial charge in [-0.2, -0.15) is 0 Å². The summed E-state index contributed by atoms with van der Waals surface area (Å²) in [6, 6.07) is 8.12. The number of carbonyl (C=O) groups is 2. The Morgan fingerprint density at radius 1 is 1.08 bits per heavy atom. The summed E-state index contributed by atoms with van der Waals surface area (Å²) < 4.78 is 18.6. The van der Waals surface area contributed by atoms with Gasteiger partial charge in [-0.25, -0.2) is 9.18 Å². The van der Waals surface area contributed by atoms with E-state index in [4.69, 9.17) is 4.74 Å². The Balaban J connectivity index is 1.53. The normalized spacial score (nSPS) is 14.3. The molecule has 0 saturated carbocycles. The molecular weight excluding hydrogens is 345 g/mol. The van der Waals surface area contributed by atoms with E-state index in [2.05, 4.69) is 5.32 Å². The fourth-order valence-electron chi connectivity index (χ4n) is 2.58. The highest BCUT2D eigenvalue weighted by Gasteiger charge is 2.26. The van der Waals surface area contributed by atoms with E-state index < -0.39 is 5.82 Å². The molecule has 0 atom stereocenters. The number of amides is 3. The molecule has 1 N–H and O–H groups in total. The molecule has 1 aromatic carbocycles. The molecule has 1 saturated heterocycles. The molecule has 3 amide bonds. The number of thiophene rings is 1. The van der Waals surface area contributed by atoms with Gasteiger partial charge < -0.3 is 19.9 Å². The lowest BCUT2D eigenvalue weighted by Crippen LogP contribution is -2.51. The summed E-state index contributed by atoms with van der Waals surface area (Å²) in [6.45, 7) is 1.57. The van der Waals surface area contributed by atoms with E-state index in [0.29, 0.717) is 37.6 Å². The van der Waals surface area contributed by atoms with Gasteiger partial charge in [0, 0.05) is 31.9 Å². The van der Waals surface area contributed by atoms with Crippen molar-refractivity contribution >= 4 is 29.0 Å². The number of halogens is 1. The number of hydrogen-bond donors (Lipinski definition) is 1. The zero-order valence-corrected chi connectivity index (χ0v) is 14.5. The third kappa shape index (κ3) is 3.90. The molecule has 0 radical (unpaired) electrons. The number of rotatable bonds is 3. The maximum absolute atomic E-state index is 13.5. The summed E-state index contributed by atoms with van der Waals surface area (Å²) in [4.78, 5) is 27.9. The van der Waals surface area contributed by atoms with Crippen LogP contribution in [-0.2, 0) is 0 Å². The lowest BCUT2D eigenvalue weighted by atomic mass is 10.3. The fourth-order valence-corrected chi connectivity index (χ4v) is 3.31. The minimum absolute atomic E-state index is 0.121. The van der Waals surface area contributed by atoms with Crippen molar-refractivity contribution < 1.29 is 18.7 Å². The van der Waals surface area contributed by atoms with Gasteiger partial charge in [-0.15, -0.1) is 11.3 Å². The van der Waals surface area contributed by atoms with Crippen LogP contribution in [0.4, 0.5) is 14.9 Å². The summed E-state index contributed by atoms with van der Waals surface area (Å²) in [5, 5.41) is 4.37. The van der Waals surface area contributed by atoms with Crippen molar-refractivity contribution in [2.45, 2.75) is 0 Å². The van der Waals surface area contributed by atoms with Gasteiger partial charge in [0.05, 0.1) is 7.11 Å². The summed E-state index contributed by atoms with van der Waals surface area (Å²) in [5.74, 6) is -0.0941. The van der Waals surface area contributed by atoms with Crippen LogP contribution in [0.5, 0.6) is 5.75 Å². The van der Waals surface area contributed by atoms with Crippen LogP contribution in [0.25, 0.3) is 0 Å². The van der Waals surface area contributed by atoms with E-state index in [9.17, 15) is 14.0 Å². The molecule has 25 heavy (non-hydrogen) atoms. The van der Waals surface area contributed by atoms with Crippen LogP contribution in [0.1, 0.15) is 9.67 Å². The fraction of sp³-hybridized carbons (Fsp3) is 0.294. The second kappa shape index (κ2) is 7.52. The van der Waals surface area contributed by atoms with E-state index in [1.165, 1.54) is 6.07 Å². The molecule has 132 valence electrons. The highest BCUT2D eigenvalue weighted by atomic mass is 32.1. The number of carbonyl (C=O) groups excluding carboxylic acids is 2. The van der Waals surface area contributed by atoms with Crippen LogP contribution in [-0.4, -0.2) is 55.0 Å². The van der Waals surface area contributed by atoms with Gasteiger partial charge in [-0.05, 0) is 35.7 Å². The predicted molar refractivity (Wildman–Crippen MR) is 93.8 cm³/mol. The lowest BCUT2D eigenvalue weighted by Gasteiger charge is -2.34. The molecular formula is C17H18FN3O3S. The van der Waals surface area contributed by atoms with Gasteiger partial charge in [0.2, 0.25) is 0 Å². The second-order valence-corrected chi connectivity index (χ2v) is 6.45. The van der Waals surface area contributed by atoms with Crippen molar-refractivity contribution in [3.8, 4) is 5.75 Å². The van der Waals surface area contributed by atoms with Crippen LogP contribution >= 0.6 is 11.3 Å². The average molecular weight is 363 g/mol. The Morgan fingerprint density at radius 3 is 2.28 bits per heavy atom. The molecule has 2 heterocycles. The molecule has 0 unspecified atom stereocenters. The molecule has 0 spiro atoms. The summed E-state index contributed by atoms with van der Waals surface area (Å²) in [5.41, 5.74) is 0.671. The smallest absolute Gasteiger partial charge is 0.321 e. The second-order valence-electron chi connectivity index (χ2n) is 5.54. The van der Waals surface area contributed by atoms with Crippen molar-refractivity contribution in [2.24, 2.45) is 0 Å². The highest BCUT2D eigenvalue weighted by molar-refractivity contribution is 7.12. The first-order valence-corrected chi connectivity index (χ1v) is 8.68. The molecule has 1 aliphatic heterocycles. The third-order valence-electron chi connectivity index (χ3n) is 4.01. The van der Waals surface area contributed by atoms with Gasteiger partial charge in [0.15, 0.2) is 0 Å². The first kappa shape index (κ1) is 17.2. The lowest BCUT2D eigenvalue weighted by molar-refractivity contribution is 0.0672. The minimum atomic E-state index is -0.491. The molecule has 0 bridgehead atoms. The van der Waals surface area contributed by atoms with E-state index in [1.807, 2.05) is 0 Å². The molecule has 6 nitrogen and oxygen atoms in total. The molecule has 1 aliphatic rings. The number of ether oxygens (including phenoxy) is 1. The largest absolute Gasteiger partial charge is 0.497 e. The number of methoxy groups -OCH3 is 1. The zero-order valence-electron chi connectivity index (χ0n) is 13.7. The minimum Gasteiger partial charge on any atom is -0.497 e. The van der Waals surface area contributed by atoms with Crippen LogP contribution in [0.3, 0.4) is 0 Å². The SMILES string of the molecule is COc1ccc(NC(=O)N2CCN(C(=O)c3sccc3F)CC2)cc1. The Hall–Kier alpha value is -2.61. The van der Waals surface area contributed by atoms with E-state index in [0.717, 1.165) is 11.3 Å². The monoisotopic (exact) mass is 363 g/mol. The summed E-state index contributed by atoms with van der Waals surface area (Å²) in [7, 11) is 1.58. The number of urea groups is 1. The molecule has 3 rings (SSSR count). The van der Waals surface area contributed by atoms with Gasteiger partial charge in [-0.3, -0.25) is 4.79 Å². The van der Waals surface area contributed by atoms with Crippen LogP contribution in [0.15, 0.2) is 35.7 Å². The van der Waals surface area contributed by atoms with Gasteiger partial charge in [-0.1, -0.05) is 0 Å². The highest BCUT2D eigenvalue weighted by Crippen LogP contribution is 2.19. The number of nitrogens with one attached hydrogen (secondary N) is 1. The Bertz CT molecular complexity index is 755. The van der Waals surface area contributed by atoms with Gasteiger partial charge in [0.1, 0.15) is 16.4 Å². The zero-order chi connectivity index (χ0) is 17.8. The topological polar surface area (TPSA) is 61.9 Å². The maximum Gasteiger partial charge on any atom is 0.321 e. The van der Waals surface area contributed by atoms with Gasteiger partial charge >= 0.3 is 6.03 Å². The molecule has 1 fully saturated rings. The molecule has 8 heteroatoms. The summed E-state index contributed by atoms with van der Waals surface area (Å²) in [6.07, 6.45) is 0. The van der Waals surface area contributed by atoms with Crippen LogP contribution in [0.2, 0.25) is 0 Å². The number of anilines is 1. The number of hydrogen-bond acceptors (Lipinski definition) is 4. The van der Waals surface area contributed by atoms with Crippen LogP contribution < -0.4 is 10.1 Å². The van der Waals surface area contributed by atoms with Crippen molar-refractivity contribution in [2.75, 3.05) is 38.6 Å². The molecule has 1 aromatic heterocycles. The van der Waals surface area contributed by atoms with Crippen molar-refractivity contribution in [3.63, 3.8) is 0 Å². The Morgan fingerprint density at radius 2 is 1.72 bits per heavy atom. The summed E-state index contributed by atoms with van der Waals surface area (Å²) >= 11 is 1.09. The third-order valence-corrected chi connectivity index (χ3v) is 4.88. The van der Waals surface area contributed by atoms with Crippen molar-refractivity contribution in [3.05, 3.63) is 46.4 Å². The quantitative estimate of drug-likeness (QED) is 0.912. The number of benzene rings is 1. The van der Waals surface area contributed by atoms with Crippen LogP contribution in [0, 0.1) is 5.82 Å². The van der Waals surface area contributed by atoms with Crippen molar-refractivity contribution in [1.29, 1.82) is 0 Å². The average Bonchev–Trinajstić information content (AvgIpc) is 3.08. The first-order valence-electron chi connectivity index (χ1n) is 7.80. The number of piperazine rings is 1. The Kier molecular flexibility index (Phi) is 5.18. The Labute approximate surface area is 148 Å². The van der Waals surface area contributed by atoms with E-state index >= 15 is 0 Å². The first-order chi connectivity index (χ1) is 12.1.